The van der Waals surface area contributed by atoms with E-state index in [1.54, 1.807) is 0 Å². The van der Waals surface area contributed by atoms with Crippen LogP contribution in [-0.2, 0) is 14.8 Å². The van der Waals surface area contributed by atoms with Crippen molar-refractivity contribution in [3.63, 3.8) is 0 Å². The first-order chi connectivity index (χ1) is 8.27. The van der Waals surface area contributed by atoms with Gasteiger partial charge in [-0.1, -0.05) is 18.5 Å². The van der Waals surface area contributed by atoms with Crippen molar-refractivity contribution in [1.29, 1.82) is 0 Å². The van der Waals surface area contributed by atoms with Gasteiger partial charge in [-0.05, 0) is 24.6 Å². The molecule has 0 aliphatic rings. The van der Waals surface area contributed by atoms with Gasteiger partial charge in [-0.3, -0.25) is 4.79 Å². The second kappa shape index (κ2) is 5.64. The van der Waals surface area contributed by atoms with Crippen LogP contribution < -0.4 is 4.72 Å². The van der Waals surface area contributed by atoms with E-state index in [0.717, 1.165) is 12.1 Å². The maximum absolute atomic E-state index is 13.5. The molecule has 0 saturated carbocycles. The van der Waals surface area contributed by atoms with Crippen molar-refractivity contribution in [2.45, 2.75) is 24.3 Å². The Labute approximate surface area is 109 Å². The molecular formula is C10H11ClFNO4S. The van der Waals surface area contributed by atoms with Crippen molar-refractivity contribution in [1.82, 2.24) is 4.72 Å². The molecule has 1 aromatic carbocycles. The summed E-state index contributed by atoms with van der Waals surface area (Å²) in [6.45, 7) is 1.50. The zero-order valence-electron chi connectivity index (χ0n) is 9.35. The summed E-state index contributed by atoms with van der Waals surface area (Å²) >= 11 is 5.50. The Morgan fingerprint density at radius 1 is 1.56 bits per heavy atom. The van der Waals surface area contributed by atoms with E-state index in [2.05, 4.69) is 0 Å². The maximum Gasteiger partial charge on any atom is 0.321 e. The van der Waals surface area contributed by atoms with Crippen LogP contribution in [0, 0.1) is 5.82 Å². The van der Waals surface area contributed by atoms with Gasteiger partial charge in [-0.25, -0.2) is 12.8 Å². The summed E-state index contributed by atoms with van der Waals surface area (Å²) in [7, 11) is -4.23. The number of halogens is 2. The smallest absolute Gasteiger partial charge is 0.321 e. The van der Waals surface area contributed by atoms with E-state index in [1.807, 2.05) is 4.72 Å². The lowest BCUT2D eigenvalue weighted by Crippen LogP contribution is -2.40. The topological polar surface area (TPSA) is 83.5 Å². The quantitative estimate of drug-likeness (QED) is 0.864. The van der Waals surface area contributed by atoms with Crippen LogP contribution in [0.15, 0.2) is 23.1 Å². The molecule has 2 N–H and O–H groups in total. The highest BCUT2D eigenvalue weighted by molar-refractivity contribution is 7.89. The molecule has 1 unspecified atom stereocenters. The summed E-state index contributed by atoms with van der Waals surface area (Å²) in [5.41, 5.74) is 0. The Morgan fingerprint density at radius 2 is 2.17 bits per heavy atom. The predicted octanol–water partition coefficient (Wildman–Crippen LogP) is 1.62. The number of carboxylic acids is 1. The molecule has 0 aliphatic heterocycles. The molecule has 0 bridgehead atoms. The number of carbonyl (C=O) groups is 1. The lowest BCUT2D eigenvalue weighted by Gasteiger charge is -2.13. The fraction of sp³-hybridized carbons (Fsp3) is 0.300. The van der Waals surface area contributed by atoms with Gasteiger partial charge in [0.2, 0.25) is 10.0 Å². The molecule has 0 fully saturated rings. The largest absolute Gasteiger partial charge is 0.480 e. The molecule has 100 valence electrons. The molecule has 18 heavy (non-hydrogen) atoms. The third-order valence-corrected chi connectivity index (χ3v) is 3.93. The van der Waals surface area contributed by atoms with Crippen LogP contribution in [-0.4, -0.2) is 25.5 Å². The lowest BCUT2D eigenvalue weighted by molar-refractivity contribution is -0.139. The summed E-state index contributed by atoms with van der Waals surface area (Å²) in [6, 6.07) is 1.73. The summed E-state index contributed by atoms with van der Waals surface area (Å²) in [5.74, 6) is -2.36. The molecule has 0 radical (unpaired) electrons. The van der Waals surface area contributed by atoms with Gasteiger partial charge in [0.25, 0.3) is 0 Å². The van der Waals surface area contributed by atoms with E-state index in [4.69, 9.17) is 16.7 Å². The second-order valence-corrected chi connectivity index (χ2v) is 5.61. The van der Waals surface area contributed by atoms with Gasteiger partial charge in [0, 0.05) is 5.02 Å². The number of sulfonamides is 1. The van der Waals surface area contributed by atoms with E-state index < -0.39 is 32.7 Å². The molecule has 1 rings (SSSR count). The highest BCUT2D eigenvalue weighted by Crippen LogP contribution is 2.19. The van der Waals surface area contributed by atoms with E-state index in [9.17, 15) is 17.6 Å². The minimum absolute atomic E-state index is 0.0454. The Bertz CT molecular complexity index is 561. The zero-order valence-corrected chi connectivity index (χ0v) is 10.9. The number of aliphatic carboxylic acids is 1. The van der Waals surface area contributed by atoms with Gasteiger partial charge < -0.3 is 5.11 Å². The number of rotatable bonds is 5. The number of hydrogen-bond acceptors (Lipinski definition) is 3. The van der Waals surface area contributed by atoms with E-state index >= 15 is 0 Å². The lowest BCUT2D eigenvalue weighted by atomic mass is 10.2. The first-order valence-corrected chi connectivity index (χ1v) is 6.84. The Balaban J connectivity index is 3.10. The number of carboxylic acid groups (broad SMARTS) is 1. The summed E-state index contributed by atoms with van der Waals surface area (Å²) in [4.78, 5) is 10.1. The molecule has 0 aromatic heterocycles. The van der Waals surface area contributed by atoms with Gasteiger partial charge >= 0.3 is 5.97 Å². The van der Waals surface area contributed by atoms with Gasteiger partial charge in [0.1, 0.15) is 16.8 Å². The SMILES string of the molecule is CCC(NS(=O)(=O)c1ccc(Cl)cc1F)C(=O)O. The average Bonchev–Trinajstić information content (AvgIpc) is 2.24. The molecular weight excluding hydrogens is 285 g/mol. The zero-order chi connectivity index (χ0) is 13.9. The maximum atomic E-state index is 13.5. The van der Waals surface area contributed by atoms with Crippen LogP contribution in [0.25, 0.3) is 0 Å². The van der Waals surface area contributed by atoms with Gasteiger partial charge in [0.15, 0.2) is 0 Å². The minimum Gasteiger partial charge on any atom is -0.480 e. The van der Waals surface area contributed by atoms with Crippen molar-refractivity contribution >= 4 is 27.6 Å². The first-order valence-electron chi connectivity index (χ1n) is 4.98. The van der Waals surface area contributed by atoms with Gasteiger partial charge in [0.05, 0.1) is 0 Å². The molecule has 0 heterocycles. The highest BCUT2D eigenvalue weighted by Gasteiger charge is 2.26. The normalized spacial score (nSPS) is 13.3. The molecule has 0 spiro atoms. The van der Waals surface area contributed by atoms with Crippen LogP contribution in [0.3, 0.4) is 0 Å². The minimum atomic E-state index is -4.23. The van der Waals surface area contributed by atoms with Crippen molar-refractivity contribution in [3.05, 3.63) is 29.0 Å². The third-order valence-electron chi connectivity index (χ3n) is 2.19. The molecule has 1 aromatic rings. The van der Waals surface area contributed by atoms with Crippen molar-refractivity contribution in [3.8, 4) is 0 Å². The summed E-state index contributed by atoms with van der Waals surface area (Å²) in [5, 5.41) is 8.81. The van der Waals surface area contributed by atoms with Crippen molar-refractivity contribution in [2.24, 2.45) is 0 Å². The van der Waals surface area contributed by atoms with E-state index in [0.29, 0.717) is 0 Å². The number of benzene rings is 1. The molecule has 0 aliphatic carbocycles. The Kier molecular flexibility index (Phi) is 4.66. The summed E-state index contributed by atoms with van der Waals surface area (Å²) < 4.78 is 38.9. The molecule has 5 nitrogen and oxygen atoms in total. The number of nitrogens with one attached hydrogen (secondary N) is 1. The molecule has 0 saturated heterocycles. The summed E-state index contributed by atoms with van der Waals surface area (Å²) in [6.07, 6.45) is 0.0454. The molecule has 8 heteroatoms. The fourth-order valence-electron chi connectivity index (χ4n) is 1.25. The average molecular weight is 296 g/mol. The van der Waals surface area contributed by atoms with Gasteiger partial charge in [-0.15, -0.1) is 0 Å². The van der Waals surface area contributed by atoms with Crippen molar-refractivity contribution < 1.29 is 22.7 Å². The molecule has 1 atom stereocenters. The van der Waals surface area contributed by atoms with E-state index in [-0.39, 0.29) is 11.4 Å². The Morgan fingerprint density at radius 3 is 2.61 bits per heavy atom. The second-order valence-electron chi connectivity index (χ2n) is 3.50. The van der Waals surface area contributed by atoms with Crippen molar-refractivity contribution in [2.75, 3.05) is 0 Å². The van der Waals surface area contributed by atoms with Crippen LogP contribution in [0.2, 0.25) is 5.02 Å². The first kappa shape index (κ1) is 14.9. The molecule has 0 amide bonds. The van der Waals surface area contributed by atoms with Crippen LogP contribution in [0.5, 0.6) is 0 Å². The third kappa shape index (κ3) is 3.41. The number of hydrogen-bond donors (Lipinski definition) is 2. The standard InChI is InChI=1S/C10H11ClFNO4S/c1-2-8(10(14)15)13-18(16,17)9-4-3-6(11)5-7(9)12/h3-5,8,13H,2H2,1H3,(H,14,15). The van der Waals surface area contributed by atoms with Gasteiger partial charge in [-0.2, -0.15) is 4.72 Å². The highest BCUT2D eigenvalue weighted by atomic mass is 35.5. The predicted molar refractivity (Wildman–Crippen MR) is 63.4 cm³/mol. The fourth-order valence-corrected chi connectivity index (χ4v) is 2.74. The van der Waals surface area contributed by atoms with Crippen LogP contribution in [0.4, 0.5) is 4.39 Å². The van der Waals surface area contributed by atoms with Crippen LogP contribution >= 0.6 is 11.6 Å². The van der Waals surface area contributed by atoms with Crippen LogP contribution in [0.1, 0.15) is 13.3 Å². The monoisotopic (exact) mass is 295 g/mol. The van der Waals surface area contributed by atoms with E-state index in [1.165, 1.54) is 13.0 Å². The Hall–Kier alpha value is -1.18.